The Morgan fingerprint density at radius 3 is 2.41 bits per heavy atom. The van der Waals surface area contributed by atoms with Gasteiger partial charge in [0.25, 0.3) is 5.91 Å². The van der Waals surface area contributed by atoms with Gasteiger partial charge in [-0.3, -0.25) is 14.9 Å². The van der Waals surface area contributed by atoms with E-state index in [1.807, 2.05) is 47.4 Å². The third-order valence-corrected chi connectivity index (χ3v) is 4.57. The van der Waals surface area contributed by atoms with Crippen LogP contribution in [0.3, 0.4) is 0 Å². The fourth-order valence-electron chi connectivity index (χ4n) is 3.00. The first-order valence-electron chi connectivity index (χ1n) is 8.81. The summed E-state index contributed by atoms with van der Waals surface area (Å²) in [6.45, 7) is 3.05. The molecule has 2 aromatic rings. The second-order valence-corrected chi connectivity index (χ2v) is 6.26. The maximum Gasteiger partial charge on any atom is 0.277 e. The lowest BCUT2D eigenvalue weighted by atomic mass is 10.1. The van der Waals surface area contributed by atoms with Gasteiger partial charge in [-0.15, -0.1) is 0 Å². The number of hydroxylamine groups is 1. The number of piperazine rings is 1. The lowest BCUT2D eigenvalue weighted by Crippen LogP contribution is -2.51. The highest BCUT2D eigenvalue weighted by Crippen LogP contribution is 2.14. The molecule has 0 aliphatic carbocycles. The molecule has 8 heteroatoms. The molecule has 0 radical (unpaired) electrons. The molecule has 1 aromatic heterocycles. The number of amides is 1. The smallest absolute Gasteiger partial charge is 0.277 e. The van der Waals surface area contributed by atoms with Gasteiger partial charge in [0.1, 0.15) is 0 Å². The van der Waals surface area contributed by atoms with Crippen molar-refractivity contribution in [3.05, 3.63) is 59.9 Å². The number of benzene rings is 1. The number of nitrogens with one attached hydrogen (secondary N) is 1. The van der Waals surface area contributed by atoms with Crippen LogP contribution in [-0.2, 0) is 0 Å². The van der Waals surface area contributed by atoms with Crippen molar-refractivity contribution in [3.63, 3.8) is 0 Å². The van der Waals surface area contributed by atoms with Gasteiger partial charge in [0.05, 0.1) is 18.2 Å². The van der Waals surface area contributed by atoms with E-state index < -0.39 is 5.91 Å². The predicted octanol–water partition coefficient (Wildman–Crippen LogP) is 0.792. The summed E-state index contributed by atoms with van der Waals surface area (Å²) in [5.41, 5.74) is 2.87. The van der Waals surface area contributed by atoms with Crippen LogP contribution in [0.25, 0.3) is 6.08 Å². The van der Waals surface area contributed by atoms with E-state index in [4.69, 9.17) is 5.21 Å². The van der Waals surface area contributed by atoms with E-state index in [9.17, 15) is 9.90 Å². The summed E-state index contributed by atoms with van der Waals surface area (Å²) in [6, 6.07) is 9.97. The zero-order chi connectivity index (χ0) is 19.1. The highest BCUT2D eigenvalue weighted by molar-refractivity contribution is 5.92. The maximum atomic E-state index is 11.3. The molecule has 0 saturated carbocycles. The minimum atomic E-state index is -0.637. The van der Waals surface area contributed by atoms with Crippen LogP contribution in [0, 0.1) is 0 Å². The molecule has 8 nitrogen and oxygen atoms in total. The van der Waals surface area contributed by atoms with E-state index in [1.165, 1.54) is 12.4 Å². The number of aliphatic hydroxyl groups is 1. The fourth-order valence-corrected chi connectivity index (χ4v) is 3.00. The van der Waals surface area contributed by atoms with Crippen molar-refractivity contribution in [2.75, 3.05) is 37.7 Å². The van der Waals surface area contributed by atoms with Crippen LogP contribution in [0.4, 0.5) is 5.95 Å². The molecule has 1 fully saturated rings. The number of aromatic nitrogens is 2. The molecule has 1 saturated heterocycles. The monoisotopic (exact) mass is 369 g/mol. The molecule has 3 N–H and O–H groups in total. The van der Waals surface area contributed by atoms with Crippen molar-refractivity contribution >= 4 is 17.9 Å². The van der Waals surface area contributed by atoms with Gasteiger partial charge in [-0.1, -0.05) is 42.5 Å². The predicted molar refractivity (Wildman–Crippen MR) is 101 cm³/mol. The number of carbonyl (C=O) groups excluding carboxylic acids is 1. The molecule has 2 heterocycles. The Bertz CT molecular complexity index is 759. The summed E-state index contributed by atoms with van der Waals surface area (Å²) in [5.74, 6) is -0.0909. The van der Waals surface area contributed by atoms with E-state index in [1.54, 1.807) is 5.48 Å². The Labute approximate surface area is 157 Å². The topological polar surface area (TPSA) is 102 Å². The third-order valence-electron chi connectivity index (χ3n) is 4.57. The van der Waals surface area contributed by atoms with Crippen LogP contribution in [0.1, 0.15) is 15.9 Å². The van der Waals surface area contributed by atoms with Crippen molar-refractivity contribution in [1.82, 2.24) is 20.3 Å². The van der Waals surface area contributed by atoms with Gasteiger partial charge in [0.2, 0.25) is 5.95 Å². The molecule has 1 amide bonds. The zero-order valence-corrected chi connectivity index (χ0v) is 14.9. The number of nitrogens with zero attached hydrogens (tertiary/aromatic N) is 4. The van der Waals surface area contributed by atoms with Gasteiger partial charge in [-0.25, -0.2) is 15.4 Å². The Kier molecular flexibility index (Phi) is 6.48. The molecule has 0 spiro atoms. The molecule has 1 atom stereocenters. The molecule has 1 unspecified atom stereocenters. The highest BCUT2D eigenvalue weighted by Gasteiger charge is 2.23. The third kappa shape index (κ3) is 4.88. The van der Waals surface area contributed by atoms with E-state index in [0.29, 0.717) is 5.95 Å². The van der Waals surface area contributed by atoms with Crippen LogP contribution in [0.15, 0.2) is 48.8 Å². The summed E-state index contributed by atoms with van der Waals surface area (Å²) in [5, 5.41) is 18.4. The summed E-state index contributed by atoms with van der Waals surface area (Å²) in [4.78, 5) is 24.0. The van der Waals surface area contributed by atoms with Crippen molar-refractivity contribution in [2.24, 2.45) is 0 Å². The summed E-state index contributed by atoms with van der Waals surface area (Å²) in [7, 11) is 0. The van der Waals surface area contributed by atoms with Crippen molar-refractivity contribution in [2.45, 2.75) is 6.04 Å². The quantitative estimate of drug-likeness (QED) is 0.511. The minimum Gasteiger partial charge on any atom is -0.394 e. The number of anilines is 1. The molecule has 27 heavy (non-hydrogen) atoms. The van der Waals surface area contributed by atoms with Gasteiger partial charge in [0.15, 0.2) is 0 Å². The normalized spacial score (nSPS) is 16.4. The van der Waals surface area contributed by atoms with Crippen LogP contribution in [0.2, 0.25) is 0 Å². The molecule has 0 bridgehead atoms. The van der Waals surface area contributed by atoms with E-state index in [0.717, 1.165) is 31.7 Å². The molecule has 1 aromatic carbocycles. The van der Waals surface area contributed by atoms with Gasteiger partial charge in [-0.05, 0) is 5.56 Å². The molecule has 142 valence electrons. The summed E-state index contributed by atoms with van der Waals surface area (Å²) in [6.07, 6.45) is 6.84. The van der Waals surface area contributed by atoms with Gasteiger partial charge in [0, 0.05) is 38.6 Å². The number of hydrogen-bond donors (Lipinski definition) is 3. The molecule has 3 rings (SSSR count). The van der Waals surface area contributed by atoms with Crippen molar-refractivity contribution in [1.29, 1.82) is 0 Å². The summed E-state index contributed by atoms with van der Waals surface area (Å²) < 4.78 is 0. The highest BCUT2D eigenvalue weighted by atomic mass is 16.5. The lowest BCUT2D eigenvalue weighted by molar-refractivity contribution is 0.0705. The second kappa shape index (κ2) is 9.22. The van der Waals surface area contributed by atoms with E-state index in [-0.39, 0.29) is 18.2 Å². The van der Waals surface area contributed by atoms with E-state index >= 15 is 0 Å². The fraction of sp³-hybridized carbons (Fsp3) is 0.316. The standard InChI is InChI=1S/C19H23N5O3/c25-14-17(7-6-15-4-2-1-3-5-15)23-8-10-24(11-9-23)19-20-12-16(13-21-19)18(26)22-27/h1-7,12-13,17,25,27H,8-11,14H2,(H,22,26)/b7-6+. The summed E-state index contributed by atoms with van der Waals surface area (Å²) >= 11 is 0. The van der Waals surface area contributed by atoms with E-state index in [2.05, 4.69) is 14.9 Å². The SMILES string of the molecule is O=C(NO)c1cnc(N2CCN(C(/C=C/c3ccccc3)CO)CC2)nc1. The lowest BCUT2D eigenvalue weighted by Gasteiger charge is -2.37. The number of rotatable bonds is 6. The van der Waals surface area contributed by atoms with Crippen LogP contribution in [0.5, 0.6) is 0 Å². The van der Waals surface area contributed by atoms with Crippen LogP contribution < -0.4 is 10.4 Å². The van der Waals surface area contributed by atoms with Crippen LogP contribution in [-0.4, -0.2) is 69.9 Å². The van der Waals surface area contributed by atoms with Gasteiger partial charge < -0.3 is 10.0 Å². The Hall–Kier alpha value is -2.81. The minimum absolute atomic E-state index is 0.0381. The molecular weight excluding hydrogens is 346 g/mol. The Morgan fingerprint density at radius 1 is 1.15 bits per heavy atom. The first-order valence-corrected chi connectivity index (χ1v) is 8.81. The molecule has 1 aliphatic rings. The number of hydrogen-bond acceptors (Lipinski definition) is 7. The molecule has 1 aliphatic heterocycles. The average molecular weight is 369 g/mol. The molecular formula is C19H23N5O3. The largest absolute Gasteiger partial charge is 0.394 e. The first kappa shape index (κ1) is 19.0. The Balaban J connectivity index is 1.57. The maximum absolute atomic E-state index is 11.3. The second-order valence-electron chi connectivity index (χ2n) is 6.26. The van der Waals surface area contributed by atoms with Gasteiger partial charge >= 0.3 is 0 Å². The van der Waals surface area contributed by atoms with Gasteiger partial charge in [-0.2, -0.15) is 0 Å². The van der Waals surface area contributed by atoms with Crippen molar-refractivity contribution < 1.29 is 15.1 Å². The van der Waals surface area contributed by atoms with Crippen LogP contribution >= 0.6 is 0 Å². The van der Waals surface area contributed by atoms with Crippen molar-refractivity contribution in [3.8, 4) is 0 Å². The Morgan fingerprint density at radius 2 is 1.81 bits per heavy atom. The first-order chi connectivity index (χ1) is 13.2. The zero-order valence-electron chi connectivity index (χ0n) is 14.9. The number of aliphatic hydroxyl groups excluding tert-OH is 1. The number of carbonyl (C=O) groups is 1. The average Bonchev–Trinajstić information content (AvgIpc) is 2.75.